The molecule has 0 unspecified atom stereocenters. The molecule has 0 radical (unpaired) electrons. The number of hydrogen-bond donors (Lipinski definition) is 1. The molecule has 0 bridgehead atoms. The molecule has 1 aliphatic carbocycles. The molecule has 1 aliphatic rings. The number of fused-ring (bicyclic) bond motifs is 1. The van der Waals surface area contributed by atoms with E-state index in [1.165, 1.54) is 24.8 Å². The van der Waals surface area contributed by atoms with E-state index in [0.717, 1.165) is 22.2 Å². The molecule has 4 rings (SSSR count). The topological polar surface area (TPSA) is 83.7 Å². The average molecular weight is 406 g/mol. The van der Waals surface area contributed by atoms with Gasteiger partial charge >= 0.3 is 5.97 Å². The third-order valence-electron chi connectivity index (χ3n) is 5.61. The minimum Gasteiger partial charge on any atom is -0.497 e. The van der Waals surface area contributed by atoms with Crippen molar-refractivity contribution in [3.8, 4) is 11.6 Å². The predicted molar refractivity (Wildman–Crippen MR) is 116 cm³/mol. The zero-order valence-electron chi connectivity index (χ0n) is 17.3. The van der Waals surface area contributed by atoms with E-state index in [-0.39, 0.29) is 24.7 Å². The minimum atomic E-state index is -0.530. The highest BCUT2D eigenvalue weighted by Gasteiger charge is 2.24. The first-order valence-corrected chi connectivity index (χ1v) is 10.3. The van der Waals surface area contributed by atoms with E-state index in [9.17, 15) is 4.79 Å². The Labute approximate surface area is 176 Å². The van der Waals surface area contributed by atoms with Gasteiger partial charge in [-0.25, -0.2) is 9.78 Å². The van der Waals surface area contributed by atoms with E-state index >= 15 is 0 Å². The van der Waals surface area contributed by atoms with E-state index in [1.807, 2.05) is 30.3 Å². The number of nitrogens with zero attached hydrogens (tertiary/aromatic N) is 1. The first kappa shape index (κ1) is 20.0. The monoisotopic (exact) mass is 406 g/mol. The number of rotatable bonds is 7. The lowest BCUT2D eigenvalue weighted by Crippen LogP contribution is -2.13. The summed E-state index contributed by atoms with van der Waals surface area (Å²) in [5.41, 5.74) is 9.82. The Morgan fingerprint density at radius 3 is 2.57 bits per heavy atom. The maximum atomic E-state index is 12.6. The molecule has 156 valence electrons. The molecule has 6 nitrogen and oxygen atoms in total. The van der Waals surface area contributed by atoms with Gasteiger partial charge in [0.25, 0.3) is 0 Å². The van der Waals surface area contributed by atoms with Crippen LogP contribution >= 0.6 is 0 Å². The first-order chi connectivity index (χ1) is 14.6. The van der Waals surface area contributed by atoms with Gasteiger partial charge in [0.05, 0.1) is 24.9 Å². The summed E-state index contributed by atoms with van der Waals surface area (Å²) in [5, 5.41) is 0.734. The largest absolute Gasteiger partial charge is 0.497 e. The smallest absolute Gasteiger partial charge is 0.345 e. The van der Waals surface area contributed by atoms with Crippen LogP contribution < -0.4 is 15.2 Å². The Bertz CT molecular complexity index is 1060. The Morgan fingerprint density at radius 2 is 1.93 bits per heavy atom. The number of aromatic nitrogens is 1. The fourth-order valence-corrected chi connectivity index (χ4v) is 3.66. The van der Waals surface area contributed by atoms with Crippen molar-refractivity contribution in [2.75, 3.05) is 19.5 Å². The number of nitrogens with two attached hydrogens (primary N) is 1. The van der Waals surface area contributed by atoms with E-state index in [1.54, 1.807) is 14.0 Å². The summed E-state index contributed by atoms with van der Waals surface area (Å²) in [4.78, 5) is 17.3. The molecule has 6 heteroatoms. The molecule has 2 aromatic carbocycles. The zero-order chi connectivity index (χ0) is 21.1. The number of ether oxygens (including phenoxy) is 3. The summed E-state index contributed by atoms with van der Waals surface area (Å²) in [6, 6.07) is 13.6. The predicted octanol–water partition coefficient (Wildman–Crippen LogP) is 4.85. The Hall–Kier alpha value is -3.28. The second-order valence-corrected chi connectivity index (χ2v) is 7.47. The SMILES string of the molecule is CCOC(=O)c1c(OCc2ccc(OC)cc2)nc2cc(C3CCC3)ccc2c1N. The number of nitrogen functional groups attached to an aromatic ring is 1. The molecule has 1 aromatic heterocycles. The van der Waals surface area contributed by atoms with Crippen molar-refractivity contribution in [2.24, 2.45) is 0 Å². The summed E-state index contributed by atoms with van der Waals surface area (Å²) in [5.74, 6) is 1.01. The quantitative estimate of drug-likeness (QED) is 0.565. The van der Waals surface area contributed by atoms with Crippen molar-refractivity contribution in [3.63, 3.8) is 0 Å². The van der Waals surface area contributed by atoms with Gasteiger partial charge in [-0.3, -0.25) is 0 Å². The number of methoxy groups -OCH3 is 1. The van der Waals surface area contributed by atoms with E-state index in [0.29, 0.717) is 11.6 Å². The lowest BCUT2D eigenvalue weighted by molar-refractivity contribution is 0.0521. The highest BCUT2D eigenvalue weighted by molar-refractivity contribution is 6.06. The summed E-state index contributed by atoms with van der Waals surface area (Å²) >= 11 is 0. The van der Waals surface area contributed by atoms with E-state index < -0.39 is 5.97 Å². The van der Waals surface area contributed by atoms with Crippen LogP contribution in [0.15, 0.2) is 42.5 Å². The molecule has 1 saturated carbocycles. The van der Waals surface area contributed by atoms with Crippen molar-refractivity contribution < 1.29 is 19.0 Å². The second-order valence-electron chi connectivity index (χ2n) is 7.47. The Balaban J connectivity index is 1.71. The van der Waals surface area contributed by atoms with Gasteiger partial charge in [-0.1, -0.05) is 30.7 Å². The third-order valence-corrected chi connectivity index (χ3v) is 5.61. The van der Waals surface area contributed by atoms with Crippen molar-refractivity contribution >= 4 is 22.6 Å². The van der Waals surface area contributed by atoms with Gasteiger partial charge in [0.2, 0.25) is 5.88 Å². The first-order valence-electron chi connectivity index (χ1n) is 10.3. The molecule has 1 fully saturated rings. The van der Waals surface area contributed by atoms with Gasteiger partial charge in [0, 0.05) is 5.39 Å². The zero-order valence-corrected chi connectivity index (χ0v) is 17.3. The van der Waals surface area contributed by atoms with Crippen LogP contribution in [0.4, 0.5) is 5.69 Å². The van der Waals surface area contributed by atoms with Crippen LogP contribution in [0.1, 0.15) is 53.6 Å². The molecule has 0 amide bonds. The molecule has 30 heavy (non-hydrogen) atoms. The fourth-order valence-electron chi connectivity index (χ4n) is 3.66. The lowest BCUT2D eigenvalue weighted by atomic mass is 9.80. The normalized spacial score (nSPS) is 13.7. The number of anilines is 1. The van der Waals surface area contributed by atoms with Crippen LogP contribution in [0, 0.1) is 0 Å². The molecule has 0 saturated heterocycles. The van der Waals surface area contributed by atoms with Crippen molar-refractivity contribution in [3.05, 3.63) is 59.2 Å². The van der Waals surface area contributed by atoms with Crippen LogP contribution in [0.25, 0.3) is 10.9 Å². The van der Waals surface area contributed by atoms with Gasteiger partial charge in [0.15, 0.2) is 0 Å². The Kier molecular flexibility index (Phi) is 5.74. The molecule has 3 aromatic rings. The van der Waals surface area contributed by atoms with Gasteiger partial charge in [0.1, 0.15) is 17.9 Å². The van der Waals surface area contributed by atoms with Crippen LogP contribution in [-0.4, -0.2) is 24.7 Å². The average Bonchev–Trinajstić information content (AvgIpc) is 2.71. The van der Waals surface area contributed by atoms with Gasteiger partial charge in [-0.2, -0.15) is 0 Å². The van der Waals surface area contributed by atoms with Crippen LogP contribution in [0.5, 0.6) is 11.6 Å². The molecule has 0 aliphatic heterocycles. The summed E-state index contributed by atoms with van der Waals surface area (Å²) in [6.45, 7) is 2.25. The van der Waals surface area contributed by atoms with Crippen molar-refractivity contribution in [2.45, 2.75) is 38.7 Å². The highest BCUT2D eigenvalue weighted by atomic mass is 16.5. The third kappa shape index (κ3) is 3.90. The van der Waals surface area contributed by atoms with Crippen molar-refractivity contribution in [1.29, 1.82) is 0 Å². The van der Waals surface area contributed by atoms with Crippen molar-refractivity contribution in [1.82, 2.24) is 4.98 Å². The number of pyridine rings is 1. The number of benzene rings is 2. The number of carbonyl (C=O) groups is 1. The van der Waals surface area contributed by atoms with E-state index in [2.05, 4.69) is 17.1 Å². The Morgan fingerprint density at radius 1 is 1.17 bits per heavy atom. The fraction of sp³-hybridized carbons (Fsp3) is 0.333. The second kappa shape index (κ2) is 8.61. The summed E-state index contributed by atoms with van der Waals surface area (Å²) in [6.07, 6.45) is 3.65. The standard InChI is InChI=1S/C24H26N2O4/c1-3-29-24(27)21-22(25)19-12-9-17(16-5-4-6-16)13-20(19)26-23(21)30-14-15-7-10-18(28-2)11-8-15/h7-13,16H,3-6,14H2,1-2H3,(H2,25,26). The molecule has 2 N–H and O–H groups in total. The minimum absolute atomic E-state index is 0.175. The number of esters is 1. The maximum Gasteiger partial charge on any atom is 0.345 e. The molecular weight excluding hydrogens is 380 g/mol. The van der Waals surface area contributed by atoms with Gasteiger partial charge < -0.3 is 19.9 Å². The molecule has 0 atom stereocenters. The lowest BCUT2D eigenvalue weighted by Gasteiger charge is -2.26. The highest BCUT2D eigenvalue weighted by Crippen LogP contribution is 2.39. The molecule has 1 heterocycles. The van der Waals surface area contributed by atoms with E-state index in [4.69, 9.17) is 19.9 Å². The molecule has 0 spiro atoms. The number of hydrogen-bond acceptors (Lipinski definition) is 6. The summed E-state index contributed by atoms with van der Waals surface area (Å²) in [7, 11) is 1.62. The maximum absolute atomic E-state index is 12.6. The van der Waals surface area contributed by atoms with Gasteiger partial charge in [-0.15, -0.1) is 0 Å². The van der Waals surface area contributed by atoms with Crippen LogP contribution in [0.2, 0.25) is 0 Å². The molecular formula is C24H26N2O4. The van der Waals surface area contributed by atoms with Crippen LogP contribution in [0.3, 0.4) is 0 Å². The van der Waals surface area contributed by atoms with Gasteiger partial charge in [-0.05, 0) is 55.0 Å². The van der Waals surface area contributed by atoms with Crippen LogP contribution in [-0.2, 0) is 11.3 Å². The summed E-state index contributed by atoms with van der Waals surface area (Å²) < 4.78 is 16.4. The number of carbonyl (C=O) groups excluding carboxylic acids is 1.